The van der Waals surface area contributed by atoms with E-state index in [-0.39, 0.29) is 0 Å². The first-order valence-electron chi connectivity index (χ1n) is 2.93. The highest BCUT2D eigenvalue weighted by Crippen LogP contribution is 2.29. The van der Waals surface area contributed by atoms with Crippen LogP contribution in [0.4, 0.5) is 0 Å². The SMILES string of the molecule is CN(C)C(=O)C1CC1. The Morgan fingerprint density at radius 3 is 2.12 bits per heavy atom. The summed E-state index contributed by atoms with van der Waals surface area (Å²) in [6.45, 7) is 0. The summed E-state index contributed by atoms with van der Waals surface area (Å²) in [5, 5.41) is 0. The van der Waals surface area contributed by atoms with Crippen molar-refractivity contribution in [2.24, 2.45) is 5.92 Å². The van der Waals surface area contributed by atoms with Gasteiger partial charge in [0.25, 0.3) is 0 Å². The molecule has 46 valence electrons. The fraction of sp³-hybridized carbons (Fsp3) is 0.833. The van der Waals surface area contributed by atoms with Gasteiger partial charge in [-0.1, -0.05) is 0 Å². The molecule has 0 unspecified atom stereocenters. The molecule has 0 aromatic rings. The van der Waals surface area contributed by atoms with E-state index in [1.165, 1.54) is 0 Å². The first kappa shape index (κ1) is 5.60. The van der Waals surface area contributed by atoms with E-state index in [1.54, 1.807) is 19.0 Å². The molecule has 0 atom stereocenters. The third-order valence-corrected chi connectivity index (χ3v) is 1.37. The van der Waals surface area contributed by atoms with E-state index in [0.29, 0.717) is 11.8 Å². The molecule has 0 aliphatic heterocycles. The first-order chi connectivity index (χ1) is 3.72. The van der Waals surface area contributed by atoms with Crippen molar-refractivity contribution in [1.82, 2.24) is 4.90 Å². The zero-order chi connectivity index (χ0) is 6.15. The summed E-state index contributed by atoms with van der Waals surface area (Å²) < 4.78 is 0. The van der Waals surface area contributed by atoms with Crippen LogP contribution < -0.4 is 0 Å². The molecule has 0 spiro atoms. The number of carbonyl (C=O) groups excluding carboxylic acids is 1. The van der Waals surface area contributed by atoms with Crippen LogP contribution in [0, 0.1) is 5.92 Å². The highest BCUT2D eigenvalue weighted by atomic mass is 16.2. The molecule has 2 heteroatoms. The molecule has 0 N–H and O–H groups in total. The Bertz CT molecular complexity index is 101. The lowest BCUT2D eigenvalue weighted by atomic mass is 10.4. The molecule has 0 heterocycles. The van der Waals surface area contributed by atoms with Crippen LogP contribution in [0.1, 0.15) is 12.8 Å². The highest BCUT2D eigenvalue weighted by molar-refractivity contribution is 5.80. The molecule has 0 aromatic heterocycles. The number of nitrogens with zero attached hydrogens (tertiary/aromatic N) is 1. The minimum absolute atomic E-state index is 0.296. The topological polar surface area (TPSA) is 20.3 Å². The third-order valence-electron chi connectivity index (χ3n) is 1.37. The Morgan fingerprint density at radius 2 is 2.00 bits per heavy atom. The monoisotopic (exact) mass is 113 g/mol. The van der Waals surface area contributed by atoms with Crippen LogP contribution in [0.25, 0.3) is 0 Å². The Balaban J connectivity index is 2.33. The van der Waals surface area contributed by atoms with Crippen LogP contribution >= 0.6 is 0 Å². The number of hydrogen-bond donors (Lipinski definition) is 0. The summed E-state index contributed by atoms with van der Waals surface area (Å²) in [6, 6.07) is 0. The van der Waals surface area contributed by atoms with Gasteiger partial charge >= 0.3 is 0 Å². The van der Waals surface area contributed by atoms with Gasteiger partial charge in [0.2, 0.25) is 5.91 Å². The van der Waals surface area contributed by atoms with E-state index in [9.17, 15) is 4.79 Å². The van der Waals surface area contributed by atoms with Gasteiger partial charge in [-0.25, -0.2) is 0 Å². The van der Waals surface area contributed by atoms with Gasteiger partial charge in [0.05, 0.1) is 0 Å². The standard InChI is InChI=1S/C6H11NO/c1-7(2)6(8)5-3-4-5/h5H,3-4H2,1-2H3. The van der Waals surface area contributed by atoms with Gasteiger partial charge in [0.1, 0.15) is 0 Å². The van der Waals surface area contributed by atoms with Crippen molar-refractivity contribution in [3.05, 3.63) is 0 Å². The lowest BCUT2D eigenvalue weighted by Gasteiger charge is -2.07. The Kier molecular flexibility index (Phi) is 1.24. The van der Waals surface area contributed by atoms with Crippen LogP contribution in [0.2, 0.25) is 0 Å². The summed E-state index contributed by atoms with van der Waals surface area (Å²) in [4.78, 5) is 12.5. The van der Waals surface area contributed by atoms with Crippen LogP contribution in [-0.4, -0.2) is 24.9 Å². The number of carbonyl (C=O) groups is 1. The Morgan fingerprint density at radius 1 is 1.50 bits per heavy atom. The molecule has 1 saturated carbocycles. The minimum atomic E-state index is 0.296. The van der Waals surface area contributed by atoms with E-state index >= 15 is 0 Å². The van der Waals surface area contributed by atoms with Gasteiger partial charge in [-0.05, 0) is 12.8 Å². The average molecular weight is 113 g/mol. The maximum Gasteiger partial charge on any atom is 0.225 e. The lowest BCUT2D eigenvalue weighted by Crippen LogP contribution is -2.22. The second kappa shape index (κ2) is 1.77. The fourth-order valence-corrected chi connectivity index (χ4v) is 0.695. The minimum Gasteiger partial charge on any atom is -0.349 e. The van der Waals surface area contributed by atoms with E-state index in [1.807, 2.05) is 0 Å². The molecule has 1 aliphatic carbocycles. The maximum atomic E-state index is 10.8. The molecule has 0 radical (unpaired) electrons. The average Bonchev–Trinajstić information content (AvgIpc) is 2.43. The van der Waals surface area contributed by atoms with Crippen molar-refractivity contribution in [3.63, 3.8) is 0 Å². The van der Waals surface area contributed by atoms with Crippen LogP contribution in [0.3, 0.4) is 0 Å². The van der Waals surface area contributed by atoms with Crippen molar-refractivity contribution in [3.8, 4) is 0 Å². The normalized spacial score (nSPS) is 18.2. The van der Waals surface area contributed by atoms with Gasteiger partial charge in [-0.15, -0.1) is 0 Å². The van der Waals surface area contributed by atoms with Gasteiger partial charge in [-0.3, -0.25) is 4.79 Å². The zero-order valence-corrected chi connectivity index (χ0v) is 5.35. The van der Waals surface area contributed by atoms with Crippen molar-refractivity contribution in [2.45, 2.75) is 12.8 Å². The molecular weight excluding hydrogens is 102 g/mol. The fourth-order valence-electron chi connectivity index (χ4n) is 0.695. The Labute approximate surface area is 49.5 Å². The van der Waals surface area contributed by atoms with Crippen LogP contribution in [0.15, 0.2) is 0 Å². The Hall–Kier alpha value is -0.530. The molecule has 0 saturated heterocycles. The molecule has 1 aliphatic rings. The molecule has 2 nitrogen and oxygen atoms in total. The van der Waals surface area contributed by atoms with Gasteiger partial charge in [0.15, 0.2) is 0 Å². The van der Waals surface area contributed by atoms with Gasteiger partial charge in [-0.2, -0.15) is 0 Å². The maximum absolute atomic E-state index is 10.8. The van der Waals surface area contributed by atoms with E-state index in [0.717, 1.165) is 12.8 Å². The van der Waals surface area contributed by atoms with Crippen molar-refractivity contribution < 1.29 is 4.79 Å². The number of amides is 1. The molecule has 1 fully saturated rings. The molecule has 1 rings (SSSR count). The van der Waals surface area contributed by atoms with E-state index in [2.05, 4.69) is 0 Å². The molecule has 8 heavy (non-hydrogen) atoms. The van der Waals surface area contributed by atoms with Crippen molar-refractivity contribution >= 4 is 5.91 Å². The van der Waals surface area contributed by atoms with E-state index < -0.39 is 0 Å². The van der Waals surface area contributed by atoms with Crippen molar-refractivity contribution in [1.29, 1.82) is 0 Å². The summed E-state index contributed by atoms with van der Waals surface area (Å²) in [7, 11) is 3.61. The molecule has 0 aromatic carbocycles. The first-order valence-corrected chi connectivity index (χ1v) is 2.93. The van der Waals surface area contributed by atoms with Crippen molar-refractivity contribution in [2.75, 3.05) is 14.1 Å². The summed E-state index contributed by atoms with van der Waals surface area (Å²) in [5.41, 5.74) is 0. The quantitative estimate of drug-likeness (QED) is 0.484. The van der Waals surface area contributed by atoms with E-state index in [4.69, 9.17) is 0 Å². The highest BCUT2D eigenvalue weighted by Gasteiger charge is 2.30. The number of hydrogen-bond acceptors (Lipinski definition) is 1. The largest absolute Gasteiger partial charge is 0.349 e. The third kappa shape index (κ3) is 0.997. The summed E-state index contributed by atoms with van der Waals surface area (Å²) in [6.07, 6.45) is 2.22. The van der Waals surface area contributed by atoms with Gasteiger partial charge in [0, 0.05) is 20.0 Å². The zero-order valence-electron chi connectivity index (χ0n) is 5.35. The molecule has 1 amide bonds. The summed E-state index contributed by atoms with van der Waals surface area (Å²) in [5.74, 6) is 0.676. The summed E-state index contributed by atoms with van der Waals surface area (Å²) >= 11 is 0. The van der Waals surface area contributed by atoms with Gasteiger partial charge < -0.3 is 4.90 Å². The predicted octanol–water partition coefficient (Wildman–Crippen LogP) is 0.485. The van der Waals surface area contributed by atoms with Crippen LogP contribution in [0.5, 0.6) is 0 Å². The molecular formula is C6H11NO. The number of rotatable bonds is 1. The van der Waals surface area contributed by atoms with Crippen LogP contribution in [-0.2, 0) is 4.79 Å². The molecule has 0 bridgehead atoms. The second-order valence-corrected chi connectivity index (χ2v) is 2.51. The second-order valence-electron chi connectivity index (χ2n) is 2.51. The smallest absolute Gasteiger partial charge is 0.225 e. The predicted molar refractivity (Wildman–Crippen MR) is 31.4 cm³/mol. The lowest BCUT2D eigenvalue weighted by molar-refractivity contribution is -0.129.